The van der Waals surface area contributed by atoms with Crippen molar-refractivity contribution in [2.24, 2.45) is 0 Å². The van der Waals surface area contributed by atoms with Crippen molar-refractivity contribution >= 4 is 10.9 Å². The molecule has 0 aliphatic heterocycles. The molecule has 0 atom stereocenters. The van der Waals surface area contributed by atoms with E-state index in [1.807, 2.05) is 6.07 Å². The molecule has 1 aromatic heterocycles. The number of hydrogen-bond acceptors (Lipinski definition) is 4. The van der Waals surface area contributed by atoms with Gasteiger partial charge in [0.15, 0.2) is 5.75 Å². The summed E-state index contributed by atoms with van der Waals surface area (Å²) in [6, 6.07) is 10.0. The fourth-order valence-corrected chi connectivity index (χ4v) is 3.69. The van der Waals surface area contributed by atoms with Crippen LogP contribution in [0.3, 0.4) is 0 Å². The van der Waals surface area contributed by atoms with E-state index < -0.39 is 0 Å². The van der Waals surface area contributed by atoms with Crippen LogP contribution in [0.1, 0.15) is 63.5 Å². The summed E-state index contributed by atoms with van der Waals surface area (Å²) in [4.78, 5) is 15.5. The van der Waals surface area contributed by atoms with Crippen LogP contribution in [0.25, 0.3) is 10.9 Å². The maximum absolute atomic E-state index is 12.6. The Bertz CT molecular complexity index is 1050. The molecule has 160 valence electrons. The van der Waals surface area contributed by atoms with Gasteiger partial charge in [0.1, 0.15) is 17.2 Å². The van der Waals surface area contributed by atoms with Crippen LogP contribution in [0.2, 0.25) is 0 Å². The number of aryl methyl sites for hydroxylation is 2. The Morgan fingerprint density at radius 1 is 0.800 bits per heavy atom. The zero-order chi connectivity index (χ0) is 21.5. The molecule has 3 aromatic rings. The number of phenols is 2. The maximum Gasteiger partial charge on any atom is 0.251 e. The zero-order valence-corrected chi connectivity index (χ0v) is 17.8. The first-order valence-electron chi connectivity index (χ1n) is 10.9. The number of aromatic amines is 1. The highest BCUT2D eigenvalue weighted by Gasteiger charge is 2.13. The van der Waals surface area contributed by atoms with Crippen molar-refractivity contribution in [3.63, 3.8) is 0 Å². The molecule has 5 nitrogen and oxygen atoms in total. The Morgan fingerprint density at radius 3 is 2.20 bits per heavy atom. The largest absolute Gasteiger partial charge is 0.508 e. The van der Waals surface area contributed by atoms with Crippen LogP contribution in [0, 0.1) is 0 Å². The maximum atomic E-state index is 12.6. The first kappa shape index (κ1) is 21.8. The number of ether oxygens (including phenoxy) is 1. The standard InChI is InChI=1S/C25H31NO4/c1-3-5-7-9-17-14-20(27)11-12-22(17)30-23-16-21(28)15-19-13-18(10-8-6-4-2)25(29)26-24(19)23/h11-16,27-28H,3-10H2,1-2H3,(H,26,29). The van der Waals surface area contributed by atoms with E-state index in [9.17, 15) is 15.0 Å². The molecule has 0 spiro atoms. The third-order valence-electron chi connectivity index (χ3n) is 5.34. The number of rotatable bonds is 10. The number of aromatic hydroxyl groups is 2. The van der Waals surface area contributed by atoms with Gasteiger partial charge in [-0.3, -0.25) is 4.79 Å². The summed E-state index contributed by atoms with van der Waals surface area (Å²) in [5, 5.41) is 20.9. The Labute approximate surface area is 177 Å². The van der Waals surface area contributed by atoms with Crippen molar-refractivity contribution in [1.82, 2.24) is 4.98 Å². The minimum absolute atomic E-state index is 0.0790. The van der Waals surface area contributed by atoms with Gasteiger partial charge in [-0.1, -0.05) is 39.5 Å². The molecule has 0 bridgehead atoms. The molecule has 0 amide bonds. The number of phenolic OH excluding ortho intramolecular Hbond substituents is 2. The van der Waals surface area contributed by atoms with Crippen LogP contribution in [-0.2, 0) is 12.8 Å². The minimum Gasteiger partial charge on any atom is -0.508 e. The fourth-order valence-electron chi connectivity index (χ4n) is 3.69. The average Bonchev–Trinajstić information content (AvgIpc) is 2.71. The van der Waals surface area contributed by atoms with Gasteiger partial charge in [0, 0.05) is 17.0 Å². The van der Waals surface area contributed by atoms with E-state index in [4.69, 9.17) is 4.74 Å². The van der Waals surface area contributed by atoms with E-state index in [1.165, 1.54) is 6.07 Å². The molecule has 0 radical (unpaired) electrons. The van der Waals surface area contributed by atoms with E-state index in [1.54, 1.807) is 24.3 Å². The quantitative estimate of drug-likeness (QED) is 0.348. The van der Waals surface area contributed by atoms with Crippen molar-refractivity contribution < 1.29 is 14.9 Å². The van der Waals surface area contributed by atoms with Crippen LogP contribution in [0.15, 0.2) is 41.2 Å². The number of aromatic nitrogens is 1. The van der Waals surface area contributed by atoms with Gasteiger partial charge in [-0.2, -0.15) is 0 Å². The van der Waals surface area contributed by atoms with Gasteiger partial charge in [0.25, 0.3) is 5.56 Å². The number of nitrogens with one attached hydrogen (secondary N) is 1. The molecular formula is C25H31NO4. The van der Waals surface area contributed by atoms with Crippen molar-refractivity contribution in [2.45, 2.75) is 65.2 Å². The molecule has 1 heterocycles. The monoisotopic (exact) mass is 409 g/mol. The zero-order valence-electron chi connectivity index (χ0n) is 17.8. The Morgan fingerprint density at radius 2 is 1.50 bits per heavy atom. The Hall–Kier alpha value is -2.95. The Kier molecular flexibility index (Phi) is 7.39. The van der Waals surface area contributed by atoms with E-state index in [-0.39, 0.29) is 17.1 Å². The highest BCUT2D eigenvalue weighted by atomic mass is 16.5. The molecular weight excluding hydrogens is 378 g/mol. The average molecular weight is 410 g/mol. The van der Waals surface area contributed by atoms with Crippen LogP contribution < -0.4 is 10.3 Å². The van der Waals surface area contributed by atoms with Gasteiger partial charge in [0.05, 0.1) is 5.52 Å². The second-order valence-electron chi connectivity index (χ2n) is 7.84. The normalized spacial score (nSPS) is 11.1. The van der Waals surface area contributed by atoms with E-state index in [0.29, 0.717) is 23.4 Å². The fraction of sp³-hybridized carbons (Fsp3) is 0.400. The van der Waals surface area contributed by atoms with Crippen molar-refractivity contribution in [2.75, 3.05) is 0 Å². The lowest BCUT2D eigenvalue weighted by atomic mass is 10.1. The number of unbranched alkanes of at least 4 members (excludes halogenated alkanes) is 4. The summed E-state index contributed by atoms with van der Waals surface area (Å²) >= 11 is 0. The van der Waals surface area contributed by atoms with Gasteiger partial charge in [-0.05, 0) is 61.6 Å². The van der Waals surface area contributed by atoms with Gasteiger partial charge < -0.3 is 19.9 Å². The number of fused-ring (bicyclic) bond motifs is 1. The van der Waals surface area contributed by atoms with E-state index in [2.05, 4.69) is 18.8 Å². The lowest BCUT2D eigenvalue weighted by molar-refractivity contribution is 0.449. The highest BCUT2D eigenvalue weighted by Crippen LogP contribution is 2.35. The number of benzene rings is 2. The molecule has 2 aromatic carbocycles. The van der Waals surface area contributed by atoms with Crippen LogP contribution in [0.5, 0.6) is 23.0 Å². The molecule has 0 aliphatic rings. The molecule has 0 saturated carbocycles. The van der Waals surface area contributed by atoms with Crippen LogP contribution in [-0.4, -0.2) is 15.2 Å². The first-order valence-corrected chi connectivity index (χ1v) is 10.9. The molecule has 30 heavy (non-hydrogen) atoms. The summed E-state index contributed by atoms with van der Waals surface area (Å²) in [6.45, 7) is 4.28. The van der Waals surface area contributed by atoms with Crippen molar-refractivity contribution in [3.8, 4) is 23.0 Å². The third-order valence-corrected chi connectivity index (χ3v) is 5.34. The highest BCUT2D eigenvalue weighted by molar-refractivity contribution is 5.86. The lowest BCUT2D eigenvalue weighted by Gasteiger charge is -2.14. The molecule has 0 fully saturated rings. The molecule has 0 saturated heterocycles. The van der Waals surface area contributed by atoms with Gasteiger partial charge in [-0.15, -0.1) is 0 Å². The summed E-state index contributed by atoms with van der Waals surface area (Å²) < 4.78 is 6.14. The van der Waals surface area contributed by atoms with Crippen LogP contribution in [0.4, 0.5) is 0 Å². The summed E-state index contributed by atoms with van der Waals surface area (Å²) in [5.41, 5.74) is 2.06. The summed E-state index contributed by atoms with van der Waals surface area (Å²) in [7, 11) is 0. The summed E-state index contributed by atoms with van der Waals surface area (Å²) in [6.07, 6.45) is 7.82. The van der Waals surface area contributed by atoms with Gasteiger partial charge in [-0.25, -0.2) is 0 Å². The smallest absolute Gasteiger partial charge is 0.251 e. The topological polar surface area (TPSA) is 82.5 Å². The third kappa shape index (κ3) is 5.35. The van der Waals surface area contributed by atoms with E-state index >= 15 is 0 Å². The SMILES string of the molecule is CCCCCc1cc(O)ccc1Oc1cc(O)cc2cc(CCCCC)c(=O)[nH]c12. The first-order chi connectivity index (χ1) is 14.5. The second kappa shape index (κ2) is 10.2. The van der Waals surface area contributed by atoms with Crippen LogP contribution >= 0.6 is 0 Å². The number of hydrogen-bond donors (Lipinski definition) is 3. The minimum atomic E-state index is -0.122. The lowest BCUT2D eigenvalue weighted by Crippen LogP contribution is -2.12. The molecule has 0 unspecified atom stereocenters. The predicted molar refractivity (Wildman–Crippen MR) is 121 cm³/mol. The summed E-state index contributed by atoms with van der Waals surface area (Å²) in [5.74, 6) is 1.28. The number of pyridine rings is 1. The number of H-pyrrole nitrogens is 1. The van der Waals surface area contributed by atoms with Gasteiger partial charge in [0.2, 0.25) is 0 Å². The molecule has 3 N–H and O–H groups in total. The van der Waals surface area contributed by atoms with Gasteiger partial charge >= 0.3 is 0 Å². The molecule has 0 aliphatic carbocycles. The predicted octanol–water partition coefficient (Wildman–Crippen LogP) is 6.20. The molecule has 5 heteroatoms. The molecule has 3 rings (SSSR count). The van der Waals surface area contributed by atoms with Crippen molar-refractivity contribution in [3.05, 3.63) is 57.9 Å². The van der Waals surface area contributed by atoms with E-state index in [0.717, 1.165) is 61.5 Å². The van der Waals surface area contributed by atoms with Crippen molar-refractivity contribution in [1.29, 1.82) is 0 Å². The Balaban J connectivity index is 1.96. The second-order valence-corrected chi connectivity index (χ2v) is 7.84.